The van der Waals surface area contributed by atoms with Crippen LogP contribution in [0.4, 0.5) is 5.69 Å². The van der Waals surface area contributed by atoms with E-state index in [1.807, 2.05) is 7.05 Å². The van der Waals surface area contributed by atoms with Crippen LogP contribution in [0.2, 0.25) is 0 Å². The summed E-state index contributed by atoms with van der Waals surface area (Å²) in [5, 5.41) is 6.75. The number of guanidine groups is 1. The maximum Gasteiger partial charge on any atom is 0.191 e. The maximum absolute atomic E-state index is 4.26. The molecular formula is C17H24N4. The van der Waals surface area contributed by atoms with Gasteiger partial charge in [0.15, 0.2) is 5.96 Å². The van der Waals surface area contributed by atoms with E-state index in [0.717, 1.165) is 38.1 Å². The zero-order chi connectivity index (χ0) is 14.5. The number of hydrogen-bond donors (Lipinski definition) is 2. The molecule has 4 nitrogen and oxygen atoms in total. The summed E-state index contributed by atoms with van der Waals surface area (Å²) in [6.07, 6.45) is 7.14. The van der Waals surface area contributed by atoms with E-state index < -0.39 is 0 Å². The largest absolute Gasteiger partial charge is 0.364 e. The summed E-state index contributed by atoms with van der Waals surface area (Å²) in [5.74, 6) is 1.76. The van der Waals surface area contributed by atoms with E-state index in [1.54, 1.807) is 0 Å². The van der Waals surface area contributed by atoms with Crippen LogP contribution in [0.3, 0.4) is 0 Å². The van der Waals surface area contributed by atoms with Gasteiger partial charge in [-0.2, -0.15) is 0 Å². The van der Waals surface area contributed by atoms with Crippen LogP contribution in [0, 0.1) is 5.92 Å². The van der Waals surface area contributed by atoms with E-state index in [2.05, 4.69) is 56.9 Å². The fourth-order valence-electron chi connectivity index (χ4n) is 2.48. The van der Waals surface area contributed by atoms with Gasteiger partial charge in [0.25, 0.3) is 0 Å². The Morgan fingerprint density at radius 3 is 2.48 bits per heavy atom. The van der Waals surface area contributed by atoms with E-state index in [0.29, 0.717) is 0 Å². The molecule has 2 aliphatic rings. The van der Waals surface area contributed by atoms with Crippen molar-refractivity contribution >= 4 is 11.6 Å². The van der Waals surface area contributed by atoms with Crippen molar-refractivity contribution in [2.24, 2.45) is 10.9 Å². The fourth-order valence-corrected chi connectivity index (χ4v) is 2.48. The molecule has 1 saturated carbocycles. The zero-order valence-corrected chi connectivity index (χ0v) is 12.7. The monoisotopic (exact) mass is 284 g/mol. The normalized spacial score (nSPS) is 18.1. The third-order valence-electron chi connectivity index (χ3n) is 4.06. The number of benzene rings is 1. The Bertz CT molecular complexity index is 506. The quantitative estimate of drug-likeness (QED) is 0.494. The summed E-state index contributed by atoms with van der Waals surface area (Å²) < 4.78 is 0. The highest BCUT2D eigenvalue weighted by molar-refractivity contribution is 5.79. The first-order chi connectivity index (χ1) is 10.3. The number of nitrogens with one attached hydrogen (secondary N) is 2. The fraction of sp³-hybridized carbons (Fsp3) is 0.471. The summed E-state index contributed by atoms with van der Waals surface area (Å²) in [6.45, 7) is 3.90. The smallest absolute Gasteiger partial charge is 0.191 e. The Balaban J connectivity index is 1.47. The summed E-state index contributed by atoms with van der Waals surface area (Å²) in [7, 11) is 1.83. The first kappa shape index (κ1) is 14.0. The SMILES string of the molecule is CN=C(NCc1ccc(N2CC=CC2)cc1)NCC1CC1. The molecule has 0 aromatic heterocycles. The molecule has 0 radical (unpaired) electrons. The summed E-state index contributed by atoms with van der Waals surface area (Å²) in [4.78, 5) is 6.62. The van der Waals surface area contributed by atoms with Crippen LogP contribution in [0.5, 0.6) is 0 Å². The van der Waals surface area contributed by atoms with Crippen molar-refractivity contribution in [3.63, 3.8) is 0 Å². The predicted octanol–water partition coefficient (Wildman–Crippen LogP) is 2.14. The van der Waals surface area contributed by atoms with Crippen LogP contribution in [-0.2, 0) is 6.54 Å². The molecule has 1 aliphatic heterocycles. The van der Waals surface area contributed by atoms with Crippen LogP contribution in [0.1, 0.15) is 18.4 Å². The molecule has 0 amide bonds. The molecule has 1 fully saturated rings. The van der Waals surface area contributed by atoms with Crippen LogP contribution < -0.4 is 15.5 Å². The van der Waals surface area contributed by atoms with Crippen molar-refractivity contribution in [2.45, 2.75) is 19.4 Å². The summed E-state index contributed by atoms with van der Waals surface area (Å²) >= 11 is 0. The van der Waals surface area contributed by atoms with E-state index in [9.17, 15) is 0 Å². The molecule has 1 aromatic carbocycles. The zero-order valence-electron chi connectivity index (χ0n) is 12.7. The van der Waals surface area contributed by atoms with E-state index in [4.69, 9.17) is 0 Å². The van der Waals surface area contributed by atoms with Gasteiger partial charge in [0.1, 0.15) is 0 Å². The third kappa shape index (κ3) is 4.00. The lowest BCUT2D eigenvalue weighted by atomic mass is 10.2. The van der Waals surface area contributed by atoms with Gasteiger partial charge < -0.3 is 15.5 Å². The molecular weight excluding hydrogens is 260 g/mol. The predicted molar refractivity (Wildman–Crippen MR) is 88.7 cm³/mol. The second-order valence-corrected chi connectivity index (χ2v) is 5.79. The van der Waals surface area contributed by atoms with Gasteiger partial charge in [-0.25, -0.2) is 0 Å². The first-order valence-electron chi connectivity index (χ1n) is 7.78. The molecule has 0 saturated heterocycles. The number of hydrogen-bond acceptors (Lipinski definition) is 2. The molecule has 2 N–H and O–H groups in total. The van der Waals surface area contributed by atoms with E-state index in [1.165, 1.54) is 24.1 Å². The third-order valence-corrected chi connectivity index (χ3v) is 4.06. The van der Waals surface area contributed by atoms with Gasteiger partial charge in [-0.05, 0) is 36.5 Å². The van der Waals surface area contributed by atoms with Gasteiger partial charge in [-0.1, -0.05) is 24.3 Å². The van der Waals surface area contributed by atoms with Crippen molar-refractivity contribution in [1.29, 1.82) is 0 Å². The first-order valence-corrected chi connectivity index (χ1v) is 7.78. The average Bonchev–Trinajstić information content (AvgIpc) is 3.19. The van der Waals surface area contributed by atoms with Crippen LogP contribution in [0.25, 0.3) is 0 Å². The van der Waals surface area contributed by atoms with Crippen LogP contribution in [-0.4, -0.2) is 32.6 Å². The molecule has 0 spiro atoms. The molecule has 4 heteroatoms. The van der Waals surface area contributed by atoms with Crippen molar-refractivity contribution < 1.29 is 0 Å². The molecule has 1 aromatic rings. The Morgan fingerprint density at radius 2 is 1.86 bits per heavy atom. The van der Waals surface area contributed by atoms with Crippen molar-refractivity contribution in [2.75, 3.05) is 31.6 Å². The van der Waals surface area contributed by atoms with Crippen LogP contribution >= 0.6 is 0 Å². The number of aliphatic imine (C=N–C) groups is 1. The standard InChI is InChI=1S/C17H24N4/c1-18-17(19-12-14-4-5-14)20-13-15-6-8-16(9-7-15)21-10-2-3-11-21/h2-3,6-9,14H,4-5,10-13H2,1H3,(H2,18,19,20). The molecule has 112 valence electrons. The lowest BCUT2D eigenvalue weighted by Gasteiger charge is -2.18. The minimum atomic E-state index is 0.808. The molecule has 21 heavy (non-hydrogen) atoms. The molecule has 1 heterocycles. The number of nitrogens with zero attached hydrogens (tertiary/aromatic N) is 2. The molecule has 3 rings (SSSR count). The summed E-state index contributed by atoms with van der Waals surface area (Å²) in [5.41, 5.74) is 2.57. The van der Waals surface area contributed by atoms with E-state index >= 15 is 0 Å². The number of anilines is 1. The summed E-state index contributed by atoms with van der Waals surface area (Å²) in [6, 6.07) is 8.78. The topological polar surface area (TPSA) is 39.7 Å². The van der Waals surface area contributed by atoms with Gasteiger partial charge in [0, 0.05) is 38.9 Å². The van der Waals surface area contributed by atoms with Gasteiger partial charge in [-0.15, -0.1) is 0 Å². The second kappa shape index (κ2) is 6.66. The Morgan fingerprint density at radius 1 is 1.14 bits per heavy atom. The van der Waals surface area contributed by atoms with Gasteiger partial charge in [0.2, 0.25) is 0 Å². The van der Waals surface area contributed by atoms with Crippen LogP contribution in [0.15, 0.2) is 41.4 Å². The maximum atomic E-state index is 4.26. The Labute approximate surface area is 126 Å². The Kier molecular flexibility index (Phi) is 4.43. The van der Waals surface area contributed by atoms with Gasteiger partial charge in [0.05, 0.1) is 0 Å². The van der Waals surface area contributed by atoms with Crippen molar-refractivity contribution in [1.82, 2.24) is 10.6 Å². The van der Waals surface area contributed by atoms with Crippen molar-refractivity contribution in [3.05, 3.63) is 42.0 Å². The van der Waals surface area contributed by atoms with Crippen molar-refractivity contribution in [3.8, 4) is 0 Å². The molecule has 0 unspecified atom stereocenters. The highest BCUT2D eigenvalue weighted by atomic mass is 15.2. The molecule has 1 aliphatic carbocycles. The van der Waals surface area contributed by atoms with E-state index in [-0.39, 0.29) is 0 Å². The lowest BCUT2D eigenvalue weighted by molar-refractivity contribution is 0.737. The number of rotatable bonds is 5. The second-order valence-electron chi connectivity index (χ2n) is 5.79. The molecule has 0 bridgehead atoms. The highest BCUT2D eigenvalue weighted by Crippen LogP contribution is 2.27. The minimum absolute atomic E-state index is 0.808. The average molecular weight is 284 g/mol. The van der Waals surface area contributed by atoms with Gasteiger partial charge >= 0.3 is 0 Å². The molecule has 0 atom stereocenters. The lowest BCUT2D eigenvalue weighted by Crippen LogP contribution is -2.37. The van der Waals surface area contributed by atoms with Gasteiger partial charge in [-0.3, -0.25) is 4.99 Å². The highest BCUT2D eigenvalue weighted by Gasteiger charge is 2.20. The Hall–Kier alpha value is -1.97. The minimum Gasteiger partial charge on any atom is -0.364 e.